The summed E-state index contributed by atoms with van der Waals surface area (Å²) in [5.74, 6) is 0.0124. The van der Waals surface area contributed by atoms with Gasteiger partial charge in [-0.25, -0.2) is 0 Å². The number of carbonyl (C=O) groups is 1. The molecule has 0 fully saturated rings. The van der Waals surface area contributed by atoms with Crippen molar-refractivity contribution in [3.63, 3.8) is 0 Å². The van der Waals surface area contributed by atoms with Crippen molar-refractivity contribution in [2.45, 2.75) is 13.8 Å². The summed E-state index contributed by atoms with van der Waals surface area (Å²) in [4.78, 5) is 13.5. The number of halogens is 1. The van der Waals surface area contributed by atoms with Gasteiger partial charge in [0.2, 0.25) is 5.91 Å². The number of hydrogen-bond acceptors (Lipinski definition) is 3. The fourth-order valence-corrected chi connectivity index (χ4v) is 1.77. The molecule has 0 saturated carbocycles. The van der Waals surface area contributed by atoms with E-state index in [1.807, 2.05) is 19.9 Å². The predicted octanol–water partition coefficient (Wildman–Crippen LogP) is 2.49. The molecule has 0 aliphatic rings. The van der Waals surface area contributed by atoms with Crippen LogP contribution in [0.15, 0.2) is 18.2 Å². The van der Waals surface area contributed by atoms with E-state index < -0.39 is 0 Å². The van der Waals surface area contributed by atoms with Gasteiger partial charge in [0, 0.05) is 13.1 Å². The van der Waals surface area contributed by atoms with E-state index >= 15 is 0 Å². The van der Waals surface area contributed by atoms with E-state index in [-0.39, 0.29) is 12.5 Å². The maximum Gasteiger partial charge on any atom is 0.241 e. The van der Waals surface area contributed by atoms with E-state index in [1.165, 1.54) is 0 Å². The van der Waals surface area contributed by atoms with Gasteiger partial charge >= 0.3 is 0 Å². The van der Waals surface area contributed by atoms with Crippen LogP contribution in [-0.4, -0.2) is 30.4 Å². The van der Waals surface area contributed by atoms with Gasteiger partial charge in [0.15, 0.2) is 0 Å². The fourth-order valence-electron chi connectivity index (χ4n) is 1.59. The Kier molecular flexibility index (Phi) is 5.47. The normalized spacial score (nSPS) is 9.67. The highest BCUT2D eigenvalue weighted by molar-refractivity contribution is 6.33. The lowest BCUT2D eigenvalue weighted by Gasteiger charge is -2.19. The van der Waals surface area contributed by atoms with Crippen LogP contribution in [0.5, 0.6) is 0 Å². The summed E-state index contributed by atoms with van der Waals surface area (Å²) in [7, 11) is 0. The van der Waals surface area contributed by atoms with Crippen molar-refractivity contribution >= 4 is 23.2 Å². The number of rotatable bonds is 5. The summed E-state index contributed by atoms with van der Waals surface area (Å²) >= 11 is 5.99. The van der Waals surface area contributed by atoms with Gasteiger partial charge in [0.05, 0.1) is 28.9 Å². The molecule has 0 radical (unpaired) electrons. The molecule has 0 spiro atoms. The molecule has 0 atom stereocenters. The van der Waals surface area contributed by atoms with Crippen LogP contribution in [-0.2, 0) is 4.79 Å². The molecular weight excluding hydrogens is 250 g/mol. The van der Waals surface area contributed by atoms with Crippen LogP contribution in [0.3, 0.4) is 0 Å². The minimum atomic E-state index is 0.0124. The molecule has 1 amide bonds. The summed E-state index contributed by atoms with van der Waals surface area (Å²) in [5.41, 5.74) is 1.12. The average Bonchev–Trinajstić information content (AvgIpc) is 2.39. The molecule has 96 valence electrons. The summed E-state index contributed by atoms with van der Waals surface area (Å²) in [6.45, 7) is 5.41. The molecular formula is C13H16ClN3O. The number of likely N-dealkylation sites (N-methyl/N-ethyl adjacent to an activating group) is 1. The van der Waals surface area contributed by atoms with Gasteiger partial charge in [-0.3, -0.25) is 4.79 Å². The Morgan fingerprint density at radius 1 is 1.44 bits per heavy atom. The van der Waals surface area contributed by atoms with E-state index in [4.69, 9.17) is 16.9 Å². The first-order valence-electron chi connectivity index (χ1n) is 5.83. The Morgan fingerprint density at radius 3 is 2.67 bits per heavy atom. The lowest BCUT2D eigenvalue weighted by molar-refractivity contribution is -0.128. The third-order valence-corrected chi connectivity index (χ3v) is 2.97. The van der Waals surface area contributed by atoms with Crippen molar-refractivity contribution in [3.8, 4) is 6.07 Å². The zero-order valence-corrected chi connectivity index (χ0v) is 11.3. The molecule has 5 heteroatoms. The molecule has 0 unspecified atom stereocenters. The standard InChI is InChI=1S/C13H16ClN3O/c1-3-17(4-2)13(18)9-16-12-7-10(8-15)5-6-11(12)14/h5-7,16H,3-4,9H2,1-2H3. The molecule has 1 N–H and O–H groups in total. The molecule has 0 heterocycles. The van der Waals surface area contributed by atoms with E-state index in [0.717, 1.165) is 0 Å². The maximum atomic E-state index is 11.8. The smallest absolute Gasteiger partial charge is 0.241 e. The van der Waals surface area contributed by atoms with Crippen molar-refractivity contribution in [1.82, 2.24) is 4.90 Å². The molecule has 0 aliphatic heterocycles. The molecule has 1 rings (SSSR count). The maximum absolute atomic E-state index is 11.8. The van der Waals surface area contributed by atoms with Gasteiger partial charge in [-0.2, -0.15) is 5.26 Å². The number of nitriles is 1. The number of nitrogens with zero attached hydrogens (tertiary/aromatic N) is 2. The SMILES string of the molecule is CCN(CC)C(=O)CNc1cc(C#N)ccc1Cl. The Hall–Kier alpha value is -1.73. The molecule has 0 bridgehead atoms. The second-order valence-corrected chi connectivity index (χ2v) is 4.13. The first kappa shape index (κ1) is 14.3. The first-order chi connectivity index (χ1) is 8.62. The van der Waals surface area contributed by atoms with Gasteiger partial charge in [-0.1, -0.05) is 11.6 Å². The van der Waals surface area contributed by atoms with Crippen LogP contribution >= 0.6 is 11.6 Å². The molecule has 0 aromatic heterocycles. The van der Waals surface area contributed by atoms with E-state index in [2.05, 4.69) is 5.32 Å². The second kappa shape index (κ2) is 6.87. The van der Waals surface area contributed by atoms with Crippen LogP contribution in [0.25, 0.3) is 0 Å². The van der Waals surface area contributed by atoms with E-state index in [9.17, 15) is 4.79 Å². The first-order valence-corrected chi connectivity index (χ1v) is 6.21. The molecule has 0 aliphatic carbocycles. The minimum absolute atomic E-state index is 0.0124. The molecule has 0 saturated heterocycles. The summed E-state index contributed by atoms with van der Waals surface area (Å²) in [6, 6.07) is 6.95. The zero-order chi connectivity index (χ0) is 13.5. The fraction of sp³-hybridized carbons (Fsp3) is 0.385. The highest BCUT2D eigenvalue weighted by Crippen LogP contribution is 2.22. The number of nitrogens with one attached hydrogen (secondary N) is 1. The Bertz CT molecular complexity index is 464. The topological polar surface area (TPSA) is 56.1 Å². The quantitative estimate of drug-likeness (QED) is 0.890. The average molecular weight is 266 g/mol. The molecule has 18 heavy (non-hydrogen) atoms. The van der Waals surface area contributed by atoms with Gasteiger partial charge < -0.3 is 10.2 Å². The summed E-state index contributed by atoms with van der Waals surface area (Å²) in [5, 5.41) is 12.3. The van der Waals surface area contributed by atoms with Crippen molar-refractivity contribution in [1.29, 1.82) is 5.26 Å². The second-order valence-electron chi connectivity index (χ2n) is 3.73. The largest absolute Gasteiger partial charge is 0.375 e. The lowest BCUT2D eigenvalue weighted by atomic mass is 10.2. The highest BCUT2D eigenvalue weighted by atomic mass is 35.5. The third-order valence-electron chi connectivity index (χ3n) is 2.64. The number of benzene rings is 1. The van der Waals surface area contributed by atoms with E-state index in [0.29, 0.717) is 29.4 Å². The number of carbonyl (C=O) groups excluding carboxylic acids is 1. The van der Waals surface area contributed by atoms with E-state index in [1.54, 1.807) is 23.1 Å². The van der Waals surface area contributed by atoms with Crippen molar-refractivity contribution < 1.29 is 4.79 Å². The number of amides is 1. The summed E-state index contributed by atoms with van der Waals surface area (Å²) < 4.78 is 0. The Morgan fingerprint density at radius 2 is 2.11 bits per heavy atom. The monoisotopic (exact) mass is 265 g/mol. The Balaban J connectivity index is 2.69. The van der Waals surface area contributed by atoms with Crippen LogP contribution in [0.2, 0.25) is 5.02 Å². The molecule has 1 aromatic rings. The van der Waals surface area contributed by atoms with Crippen molar-refractivity contribution in [2.24, 2.45) is 0 Å². The molecule has 4 nitrogen and oxygen atoms in total. The lowest BCUT2D eigenvalue weighted by Crippen LogP contribution is -2.35. The van der Waals surface area contributed by atoms with Crippen LogP contribution in [0, 0.1) is 11.3 Å². The molecule has 1 aromatic carbocycles. The third kappa shape index (κ3) is 3.64. The van der Waals surface area contributed by atoms with Gasteiger partial charge in [-0.05, 0) is 32.0 Å². The van der Waals surface area contributed by atoms with Crippen molar-refractivity contribution in [3.05, 3.63) is 28.8 Å². The highest BCUT2D eigenvalue weighted by Gasteiger charge is 2.10. The van der Waals surface area contributed by atoms with Gasteiger partial charge in [0.25, 0.3) is 0 Å². The van der Waals surface area contributed by atoms with Crippen molar-refractivity contribution in [2.75, 3.05) is 25.0 Å². The summed E-state index contributed by atoms with van der Waals surface area (Å²) in [6.07, 6.45) is 0. The zero-order valence-electron chi connectivity index (χ0n) is 10.5. The Labute approximate surface area is 112 Å². The minimum Gasteiger partial charge on any atom is -0.375 e. The van der Waals surface area contributed by atoms with Gasteiger partial charge in [0.1, 0.15) is 0 Å². The van der Waals surface area contributed by atoms with Crippen LogP contribution in [0.1, 0.15) is 19.4 Å². The van der Waals surface area contributed by atoms with Gasteiger partial charge in [-0.15, -0.1) is 0 Å². The van der Waals surface area contributed by atoms with Crippen LogP contribution in [0.4, 0.5) is 5.69 Å². The predicted molar refractivity (Wildman–Crippen MR) is 72.6 cm³/mol. The number of hydrogen-bond donors (Lipinski definition) is 1. The van der Waals surface area contributed by atoms with Crippen LogP contribution < -0.4 is 5.32 Å². The number of anilines is 1.